The smallest absolute Gasteiger partial charge is 0.0821 e. The molecule has 0 aliphatic carbocycles. The number of hydrogen-bond donors (Lipinski definition) is 0. The van der Waals surface area contributed by atoms with Gasteiger partial charge in [0.05, 0.1) is 6.10 Å². The molecule has 1 aromatic carbocycles. The monoisotopic (exact) mass is 178 g/mol. The molecular weight excluding hydrogens is 160 g/mol. The van der Waals surface area contributed by atoms with Crippen molar-refractivity contribution in [1.82, 2.24) is 0 Å². The molecule has 1 aromatic rings. The highest BCUT2D eigenvalue weighted by molar-refractivity contribution is 5.32. The molecule has 0 saturated carbocycles. The summed E-state index contributed by atoms with van der Waals surface area (Å²) in [5, 5.41) is 0. The van der Waals surface area contributed by atoms with E-state index in [0.717, 1.165) is 6.42 Å². The summed E-state index contributed by atoms with van der Waals surface area (Å²) in [5.41, 5.74) is 3.94. The van der Waals surface area contributed by atoms with Crippen LogP contribution in [-0.4, -0.2) is 7.11 Å². The maximum absolute atomic E-state index is 5.42. The minimum atomic E-state index is 0.250. The fourth-order valence-corrected chi connectivity index (χ4v) is 1.62. The molecule has 0 spiro atoms. The summed E-state index contributed by atoms with van der Waals surface area (Å²) in [7, 11) is 1.77. The molecule has 0 aliphatic rings. The Kier molecular flexibility index (Phi) is 3.49. The Morgan fingerprint density at radius 2 is 2.00 bits per heavy atom. The molecule has 0 fully saturated rings. The second-order valence-electron chi connectivity index (χ2n) is 3.49. The predicted octanol–water partition coefficient (Wildman–Crippen LogP) is 3.40. The average molecular weight is 178 g/mol. The molecule has 0 heterocycles. The predicted molar refractivity (Wildman–Crippen MR) is 56.0 cm³/mol. The van der Waals surface area contributed by atoms with Crippen molar-refractivity contribution in [1.29, 1.82) is 0 Å². The first-order valence-electron chi connectivity index (χ1n) is 4.79. The van der Waals surface area contributed by atoms with Crippen molar-refractivity contribution in [3.05, 3.63) is 34.9 Å². The molecule has 0 N–H and O–H groups in total. The van der Waals surface area contributed by atoms with Crippen molar-refractivity contribution in [2.75, 3.05) is 7.11 Å². The first-order valence-corrected chi connectivity index (χ1v) is 4.79. The van der Waals surface area contributed by atoms with E-state index < -0.39 is 0 Å². The van der Waals surface area contributed by atoms with E-state index in [9.17, 15) is 0 Å². The number of rotatable bonds is 3. The van der Waals surface area contributed by atoms with E-state index in [0.29, 0.717) is 0 Å². The first-order chi connectivity index (χ1) is 6.19. The quantitative estimate of drug-likeness (QED) is 0.689. The molecule has 0 amide bonds. The summed E-state index contributed by atoms with van der Waals surface area (Å²) in [5.74, 6) is 0. The Hall–Kier alpha value is -0.820. The van der Waals surface area contributed by atoms with E-state index in [1.165, 1.54) is 16.7 Å². The minimum Gasteiger partial charge on any atom is -0.377 e. The third-order valence-corrected chi connectivity index (χ3v) is 2.44. The molecule has 1 unspecified atom stereocenters. The Bertz CT molecular complexity index is 274. The molecule has 1 rings (SSSR count). The van der Waals surface area contributed by atoms with Crippen LogP contribution in [0.4, 0.5) is 0 Å². The fraction of sp³-hybridized carbons (Fsp3) is 0.500. The summed E-state index contributed by atoms with van der Waals surface area (Å²) in [4.78, 5) is 0. The van der Waals surface area contributed by atoms with Gasteiger partial charge in [0.15, 0.2) is 0 Å². The number of benzene rings is 1. The summed E-state index contributed by atoms with van der Waals surface area (Å²) in [6.45, 7) is 6.40. The maximum Gasteiger partial charge on any atom is 0.0821 e. The Morgan fingerprint density at radius 3 is 2.54 bits per heavy atom. The van der Waals surface area contributed by atoms with Crippen LogP contribution >= 0.6 is 0 Å². The van der Waals surface area contributed by atoms with Crippen molar-refractivity contribution in [3.8, 4) is 0 Å². The Balaban J connectivity index is 3.03. The molecular formula is C12H18O. The lowest BCUT2D eigenvalue weighted by molar-refractivity contribution is 0.0995. The lowest BCUT2D eigenvalue weighted by Crippen LogP contribution is -2.02. The van der Waals surface area contributed by atoms with Crippen LogP contribution < -0.4 is 0 Å². The zero-order chi connectivity index (χ0) is 9.84. The van der Waals surface area contributed by atoms with Crippen LogP contribution in [0.1, 0.15) is 36.1 Å². The maximum atomic E-state index is 5.42. The highest BCUT2D eigenvalue weighted by Crippen LogP contribution is 2.24. The van der Waals surface area contributed by atoms with Crippen molar-refractivity contribution < 1.29 is 4.74 Å². The van der Waals surface area contributed by atoms with Gasteiger partial charge in [-0.2, -0.15) is 0 Å². The lowest BCUT2D eigenvalue weighted by atomic mass is 9.99. The first kappa shape index (κ1) is 10.3. The summed E-state index contributed by atoms with van der Waals surface area (Å²) < 4.78 is 5.42. The van der Waals surface area contributed by atoms with Crippen molar-refractivity contribution >= 4 is 0 Å². The molecule has 1 nitrogen and oxygen atoms in total. The van der Waals surface area contributed by atoms with Gasteiger partial charge in [-0.05, 0) is 31.4 Å². The topological polar surface area (TPSA) is 9.23 Å². The molecule has 72 valence electrons. The molecule has 0 bridgehead atoms. The Labute approximate surface area is 80.7 Å². The summed E-state index contributed by atoms with van der Waals surface area (Å²) in [6.07, 6.45) is 1.28. The fourth-order valence-electron chi connectivity index (χ4n) is 1.62. The number of aryl methyl sites for hydroxylation is 2. The molecule has 1 heteroatoms. The van der Waals surface area contributed by atoms with Gasteiger partial charge in [-0.1, -0.05) is 30.7 Å². The molecule has 0 radical (unpaired) electrons. The SMILES string of the molecule is CCC(OC)c1cc(C)ccc1C. The van der Waals surface area contributed by atoms with Gasteiger partial charge in [0.25, 0.3) is 0 Å². The van der Waals surface area contributed by atoms with Gasteiger partial charge in [-0.25, -0.2) is 0 Å². The summed E-state index contributed by atoms with van der Waals surface area (Å²) in [6, 6.07) is 6.51. The second-order valence-corrected chi connectivity index (χ2v) is 3.49. The van der Waals surface area contributed by atoms with Crippen LogP contribution in [0.5, 0.6) is 0 Å². The van der Waals surface area contributed by atoms with Crippen LogP contribution in [0, 0.1) is 13.8 Å². The van der Waals surface area contributed by atoms with Gasteiger partial charge >= 0.3 is 0 Å². The zero-order valence-corrected chi connectivity index (χ0v) is 8.92. The lowest BCUT2D eigenvalue weighted by Gasteiger charge is -2.16. The highest BCUT2D eigenvalue weighted by Gasteiger charge is 2.10. The van der Waals surface area contributed by atoms with E-state index in [1.807, 2.05) is 0 Å². The van der Waals surface area contributed by atoms with E-state index in [-0.39, 0.29) is 6.10 Å². The summed E-state index contributed by atoms with van der Waals surface area (Å²) >= 11 is 0. The average Bonchev–Trinajstić information content (AvgIpc) is 2.13. The van der Waals surface area contributed by atoms with Crippen LogP contribution in [-0.2, 0) is 4.74 Å². The van der Waals surface area contributed by atoms with Gasteiger partial charge in [0.2, 0.25) is 0 Å². The van der Waals surface area contributed by atoms with E-state index >= 15 is 0 Å². The number of hydrogen-bond acceptors (Lipinski definition) is 1. The molecule has 0 aromatic heterocycles. The van der Waals surface area contributed by atoms with Gasteiger partial charge in [0.1, 0.15) is 0 Å². The normalized spacial score (nSPS) is 12.9. The standard InChI is InChI=1S/C12H18O/c1-5-12(13-4)11-8-9(2)6-7-10(11)3/h6-8,12H,5H2,1-4H3. The van der Waals surface area contributed by atoms with Crippen LogP contribution in [0.2, 0.25) is 0 Å². The zero-order valence-electron chi connectivity index (χ0n) is 8.92. The minimum absolute atomic E-state index is 0.250. The van der Waals surface area contributed by atoms with Crippen molar-refractivity contribution in [3.63, 3.8) is 0 Å². The van der Waals surface area contributed by atoms with E-state index in [1.54, 1.807) is 7.11 Å². The van der Waals surface area contributed by atoms with Crippen LogP contribution in [0.25, 0.3) is 0 Å². The van der Waals surface area contributed by atoms with Crippen molar-refractivity contribution in [2.24, 2.45) is 0 Å². The van der Waals surface area contributed by atoms with Gasteiger partial charge < -0.3 is 4.74 Å². The second kappa shape index (κ2) is 4.43. The van der Waals surface area contributed by atoms with Gasteiger partial charge in [-0.3, -0.25) is 0 Å². The van der Waals surface area contributed by atoms with E-state index in [2.05, 4.69) is 39.0 Å². The van der Waals surface area contributed by atoms with E-state index in [4.69, 9.17) is 4.74 Å². The molecule has 13 heavy (non-hydrogen) atoms. The number of methoxy groups -OCH3 is 1. The van der Waals surface area contributed by atoms with Gasteiger partial charge in [0, 0.05) is 7.11 Å². The molecule has 0 saturated heterocycles. The van der Waals surface area contributed by atoms with Crippen molar-refractivity contribution in [2.45, 2.75) is 33.3 Å². The van der Waals surface area contributed by atoms with Crippen LogP contribution in [0.3, 0.4) is 0 Å². The van der Waals surface area contributed by atoms with Gasteiger partial charge in [-0.15, -0.1) is 0 Å². The van der Waals surface area contributed by atoms with Crippen LogP contribution in [0.15, 0.2) is 18.2 Å². The number of ether oxygens (including phenoxy) is 1. The largest absolute Gasteiger partial charge is 0.377 e. The third-order valence-electron chi connectivity index (χ3n) is 2.44. The third kappa shape index (κ3) is 2.31. The molecule has 1 atom stereocenters. The molecule has 0 aliphatic heterocycles. The Morgan fingerprint density at radius 1 is 1.31 bits per heavy atom. The highest BCUT2D eigenvalue weighted by atomic mass is 16.5.